The third kappa shape index (κ3) is 5.25. The van der Waals surface area contributed by atoms with Gasteiger partial charge in [-0.3, -0.25) is 0 Å². The first-order chi connectivity index (χ1) is 13.6. The highest BCUT2D eigenvalue weighted by Gasteiger charge is 2.25. The van der Waals surface area contributed by atoms with E-state index >= 15 is 0 Å². The number of hydrogen-bond donors (Lipinski definition) is 2. The summed E-state index contributed by atoms with van der Waals surface area (Å²) in [6.07, 6.45) is 8.80. The molecule has 0 aromatic carbocycles. The molecule has 3 aliphatic rings. The van der Waals surface area contributed by atoms with Gasteiger partial charge >= 0.3 is 0 Å². The molecule has 4 rings (SSSR count). The van der Waals surface area contributed by atoms with Crippen molar-refractivity contribution in [2.45, 2.75) is 64.8 Å². The van der Waals surface area contributed by atoms with Crippen LogP contribution in [0.1, 0.15) is 58.8 Å². The van der Waals surface area contributed by atoms with E-state index in [1.165, 1.54) is 44.9 Å². The summed E-state index contributed by atoms with van der Waals surface area (Å²) in [4.78, 5) is 14.6. The van der Waals surface area contributed by atoms with E-state index in [2.05, 4.69) is 40.3 Å². The molecule has 0 spiro atoms. The molecule has 2 saturated heterocycles. The maximum atomic E-state index is 5.48. The molecule has 2 aliphatic heterocycles. The van der Waals surface area contributed by atoms with E-state index in [0.717, 1.165) is 37.8 Å². The second-order valence-electron chi connectivity index (χ2n) is 9.03. The van der Waals surface area contributed by atoms with Gasteiger partial charge in [0.1, 0.15) is 11.6 Å². The quantitative estimate of drug-likeness (QED) is 0.743. The number of aromatic nitrogens is 2. The Kier molecular flexibility index (Phi) is 6.19. The minimum absolute atomic E-state index is 0.525. The lowest BCUT2D eigenvalue weighted by Gasteiger charge is -2.36. The number of nitrogens with one attached hydrogen (secondary N) is 2. The van der Waals surface area contributed by atoms with Gasteiger partial charge < -0.3 is 20.4 Å². The van der Waals surface area contributed by atoms with Gasteiger partial charge in [0.2, 0.25) is 5.95 Å². The van der Waals surface area contributed by atoms with Crippen LogP contribution in [-0.4, -0.2) is 47.3 Å². The van der Waals surface area contributed by atoms with Crippen LogP contribution >= 0.6 is 12.2 Å². The molecule has 7 heteroatoms. The Balaban J connectivity index is 1.58. The van der Waals surface area contributed by atoms with Crippen LogP contribution in [0.4, 0.5) is 17.6 Å². The molecule has 0 bridgehead atoms. The number of thiocarbonyl (C=S) groups is 1. The van der Waals surface area contributed by atoms with Crippen molar-refractivity contribution in [2.75, 3.05) is 41.3 Å². The van der Waals surface area contributed by atoms with Gasteiger partial charge in [-0.05, 0) is 56.2 Å². The van der Waals surface area contributed by atoms with Crippen molar-refractivity contribution in [3.8, 4) is 0 Å². The molecule has 0 radical (unpaired) electrons. The second kappa shape index (κ2) is 8.80. The summed E-state index contributed by atoms with van der Waals surface area (Å²) >= 11 is 5.48. The maximum Gasteiger partial charge on any atom is 0.232 e. The zero-order valence-corrected chi connectivity index (χ0v) is 18.1. The van der Waals surface area contributed by atoms with Crippen molar-refractivity contribution < 1.29 is 0 Å². The molecule has 6 nitrogen and oxygen atoms in total. The second-order valence-corrected chi connectivity index (χ2v) is 9.44. The third-order valence-corrected chi connectivity index (χ3v) is 6.18. The smallest absolute Gasteiger partial charge is 0.232 e. The molecule has 0 unspecified atom stereocenters. The first-order valence-electron chi connectivity index (χ1n) is 11.0. The highest BCUT2D eigenvalue weighted by molar-refractivity contribution is 7.80. The largest absolute Gasteiger partial charge is 0.360 e. The van der Waals surface area contributed by atoms with E-state index in [0.29, 0.717) is 28.9 Å². The predicted molar refractivity (Wildman–Crippen MR) is 120 cm³/mol. The number of piperidine rings is 1. The normalized spacial score (nSPS) is 25.9. The Hall–Kier alpha value is -1.63. The van der Waals surface area contributed by atoms with Crippen LogP contribution in [-0.2, 0) is 0 Å². The summed E-state index contributed by atoms with van der Waals surface area (Å²) in [7, 11) is 0. The van der Waals surface area contributed by atoms with Crippen molar-refractivity contribution in [1.82, 2.24) is 15.3 Å². The zero-order chi connectivity index (χ0) is 19.5. The van der Waals surface area contributed by atoms with E-state index in [-0.39, 0.29) is 0 Å². The predicted octanol–water partition coefficient (Wildman–Crippen LogP) is 3.79. The Labute approximate surface area is 174 Å². The minimum atomic E-state index is 0.525. The van der Waals surface area contributed by atoms with E-state index in [9.17, 15) is 0 Å². The Morgan fingerprint density at radius 3 is 2.18 bits per heavy atom. The molecule has 1 aliphatic carbocycles. The van der Waals surface area contributed by atoms with Crippen LogP contribution in [0.5, 0.6) is 0 Å². The van der Waals surface area contributed by atoms with Crippen molar-refractivity contribution in [2.24, 2.45) is 11.8 Å². The first-order valence-corrected chi connectivity index (χ1v) is 11.4. The highest BCUT2D eigenvalue weighted by atomic mass is 32.1. The fourth-order valence-electron chi connectivity index (χ4n) is 4.50. The van der Waals surface area contributed by atoms with E-state index in [1.54, 1.807) is 0 Å². The van der Waals surface area contributed by atoms with Crippen LogP contribution in [0.2, 0.25) is 0 Å². The third-order valence-electron chi connectivity index (χ3n) is 5.96. The fourth-order valence-corrected chi connectivity index (χ4v) is 4.76. The summed E-state index contributed by atoms with van der Waals surface area (Å²) in [5.74, 6) is 4.07. The van der Waals surface area contributed by atoms with Crippen LogP contribution < -0.4 is 20.4 Å². The molecule has 1 aromatic heterocycles. The fraction of sp³-hybridized carbons (Fsp3) is 0.762. The van der Waals surface area contributed by atoms with E-state index in [4.69, 9.17) is 22.2 Å². The number of anilines is 3. The Morgan fingerprint density at radius 2 is 1.57 bits per heavy atom. The van der Waals surface area contributed by atoms with Gasteiger partial charge in [-0.2, -0.15) is 9.97 Å². The van der Waals surface area contributed by atoms with Gasteiger partial charge in [-0.15, -0.1) is 0 Å². The van der Waals surface area contributed by atoms with Crippen molar-refractivity contribution in [1.29, 1.82) is 0 Å². The molecule has 28 heavy (non-hydrogen) atoms. The number of hydrogen-bond acceptors (Lipinski definition) is 5. The lowest BCUT2D eigenvalue weighted by Crippen LogP contribution is -2.39. The Morgan fingerprint density at radius 1 is 0.964 bits per heavy atom. The molecule has 3 fully saturated rings. The zero-order valence-electron chi connectivity index (χ0n) is 17.3. The topological polar surface area (TPSA) is 56.3 Å². The molecule has 3 heterocycles. The van der Waals surface area contributed by atoms with Gasteiger partial charge in [0.05, 0.1) is 0 Å². The Bertz CT molecular complexity index is 673. The molecular formula is C21H34N6S. The molecule has 0 amide bonds. The average molecular weight is 403 g/mol. The molecule has 2 N–H and O–H groups in total. The standard InChI is InChI=1S/C21H34N6S/c1-15-11-16(2)14-27(13-15)19-12-18(26-9-5-3-4-6-10-26)23-20(24-19)25-21(28)22-17-7-8-17/h12,15-17H,3-11,13-14H2,1-2H3,(H2,22,23,24,25,28)/t15-,16-/m1/s1. The number of rotatable bonds is 4. The van der Waals surface area contributed by atoms with Crippen molar-refractivity contribution in [3.63, 3.8) is 0 Å². The molecule has 1 saturated carbocycles. The summed E-state index contributed by atoms with van der Waals surface area (Å²) in [6.45, 7) is 8.96. The summed E-state index contributed by atoms with van der Waals surface area (Å²) in [5.41, 5.74) is 0. The van der Waals surface area contributed by atoms with Crippen LogP contribution in [0.25, 0.3) is 0 Å². The SMILES string of the molecule is C[C@@H]1C[C@@H](C)CN(c2cc(N3CCCCCC3)nc(NC(=S)NC3CC3)n2)C1. The average Bonchev–Trinajstić information content (AvgIpc) is 3.47. The lowest BCUT2D eigenvalue weighted by molar-refractivity contribution is 0.355. The lowest BCUT2D eigenvalue weighted by atomic mass is 9.92. The molecule has 1 aromatic rings. The highest BCUT2D eigenvalue weighted by Crippen LogP contribution is 2.29. The van der Waals surface area contributed by atoms with E-state index in [1.807, 2.05) is 0 Å². The summed E-state index contributed by atoms with van der Waals surface area (Å²) in [6, 6.07) is 2.72. The molecule has 2 atom stereocenters. The maximum absolute atomic E-state index is 5.48. The van der Waals surface area contributed by atoms with Gasteiger partial charge in [-0.1, -0.05) is 26.7 Å². The number of nitrogens with zero attached hydrogens (tertiary/aromatic N) is 4. The van der Waals surface area contributed by atoms with Gasteiger partial charge in [0.25, 0.3) is 0 Å². The van der Waals surface area contributed by atoms with Gasteiger partial charge in [-0.25, -0.2) is 0 Å². The molecular weight excluding hydrogens is 368 g/mol. The van der Waals surface area contributed by atoms with Crippen molar-refractivity contribution >= 4 is 34.9 Å². The van der Waals surface area contributed by atoms with Gasteiger partial charge in [0, 0.05) is 38.3 Å². The van der Waals surface area contributed by atoms with E-state index < -0.39 is 0 Å². The van der Waals surface area contributed by atoms with Crippen LogP contribution in [0.15, 0.2) is 6.07 Å². The summed E-state index contributed by atoms with van der Waals surface area (Å²) < 4.78 is 0. The molecule has 154 valence electrons. The van der Waals surface area contributed by atoms with Gasteiger partial charge in [0.15, 0.2) is 5.11 Å². The van der Waals surface area contributed by atoms with Crippen molar-refractivity contribution in [3.05, 3.63) is 6.07 Å². The van der Waals surface area contributed by atoms with Crippen LogP contribution in [0, 0.1) is 11.8 Å². The first kappa shape index (κ1) is 19.7. The van der Waals surface area contributed by atoms with Crippen LogP contribution in [0.3, 0.4) is 0 Å². The monoisotopic (exact) mass is 402 g/mol. The summed E-state index contributed by atoms with van der Waals surface area (Å²) in [5, 5.41) is 7.23. The minimum Gasteiger partial charge on any atom is -0.360 e.